The van der Waals surface area contributed by atoms with Gasteiger partial charge in [-0.05, 0) is 53.8 Å². The monoisotopic (exact) mass is 439 g/mol. The molecule has 3 aromatic rings. The maximum Gasteiger partial charge on any atom is 0.336 e. The number of hydrogen-bond donors (Lipinski definition) is 1. The van der Waals surface area contributed by atoms with Crippen molar-refractivity contribution in [2.24, 2.45) is 0 Å². The van der Waals surface area contributed by atoms with E-state index < -0.39 is 16.0 Å². The van der Waals surface area contributed by atoms with Gasteiger partial charge in [-0.15, -0.1) is 4.47 Å². The molecule has 0 aliphatic rings. The van der Waals surface area contributed by atoms with Crippen molar-refractivity contribution >= 4 is 21.7 Å². The molecule has 0 unspecified atom stereocenters. The number of rotatable bonds is 9. The average molecular weight is 440 g/mol. The summed E-state index contributed by atoms with van der Waals surface area (Å²) in [5.41, 5.74) is 2.83. The van der Waals surface area contributed by atoms with Gasteiger partial charge in [-0.1, -0.05) is 62.4 Å². The van der Waals surface area contributed by atoms with Crippen molar-refractivity contribution in [3.8, 4) is 11.1 Å². The van der Waals surface area contributed by atoms with Crippen molar-refractivity contribution in [1.82, 2.24) is 0 Å². The molecule has 0 radical (unpaired) electrons. The zero-order valence-electron chi connectivity index (χ0n) is 17.5. The SMILES string of the molecule is CCCON(c1ccc(-c2ccccc2)cc1)S(=O)(=O)c1ccc(CC)c(C(=O)O)c1. The first-order valence-electron chi connectivity index (χ1n) is 10.1. The fraction of sp³-hybridized carbons (Fsp3) is 0.208. The lowest BCUT2D eigenvalue weighted by molar-refractivity contribution is 0.0695. The molecular formula is C24H25NO5S. The summed E-state index contributed by atoms with van der Waals surface area (Å²) in [6.45, 7) is 3.89. The van der Waals surface area contributed by atoms with Gasteiger partial charge < -0.3 is 5.11 Å². The van der Waals surface area contributed by atoms with Crippen molar-refractivity contribution in [1.29, 1.82) is 0 Å². The third kappa shape index (κ3) is 4.95. The van der Waals surface area contributed by atoms with Gasteiger partial charge in [0.15, 0.2) is 0 Å². The average Bonchev–Trinajstić information content (AvgIpc) is 2.79. The van der Waals surface area contributed by atoms with Crippen LogP contribution in [-0.4, -0.2) is 26.1 Å². The van der Waals surface area contributed by atoms with Crippen LogP contribution < -0.4 is 4.47 Å². The Balaban J connectivity index is 2.02. The zero-order valence-corrected chi connectivity index (χ0v) is 18.3. The number of carboxylic acids is 1. The van der Waals surface area contributed by atoms with E-state index in [9.17, 15) is 18.3 Å². The van der Waals surface area contributed by atoms with Crippen molar-refractivity contribution in [2.75, 3.05) is 11.1 Å². The van der Waals surface area contributed by atoms with Gasteiger partial charge in [0.2, 0.25) is 0 Å². The van der Waals surface area contributed by atoms with Gasteiger partial charge in [-0.2, -0.15) is 8.42 Å². The van der Waals surface area contributed by atoms with Gasteiger partial charge in [-0.3, -0.25) is 4.84 Å². The molecule has 3 aromatic carbocycles. The number of nitrogens with zero attached hydrogens (tertiary/aromatic N) is 1. The number of aryl methyl sites for hydroxylation is 1. The quantitative estimate of drug-likeness (QED) is 0.466. The van der Waals surface area contributed by atoms with Gasteiger partial charge in [0.05, 0.1) is 22.8 Å². The Morgan fingerprint density at radius 3 is 2.16 bits per heavy atom. The second kappa shape index (κ2) is 9.76. The summed E-state index contributed by atoms with van der Waals surface area (Å²) in [6.07, 6.45) is 1.10. The Morgan fingerprint density at radius 1 is 0.935 bits per heavy atom. The molecule has 0 fully saturated rings. The van der Waals surface area contributed by atoms with Crippen LogP contribution in [0, 0.1) is 0 Å². The molecule has 3 rings (SSSR count). The van der Waals surface area contributed by atoms with E-state index in [2.05, 4.69) is 0 Å². The summed E-state index contributed by atoms with van der Waals surface area (Å²) in [7, 11) is -4.14. The van der Waals surface area contributed by atoms with Crippen LogP contribution in [0.4, 0.5) is 5.69 Å². The number of carbonyl (C=O) groups is 1. The summed E-state index contributed by atoms with van der Waals surface area (Å²) in [5, 5.41) is 9.48. The first kappa shape index (κ1) is 22.5. The highest BCUT2D eigenvalue weighted by molar-refractivity contribution is 7.92. The van der Waals surface area contributed by atoms with Crippen LogP contribution in [0.3, 0.4) is 0 Å². The maximum absolute atomic E-state index is 13.4. The van der Waals surface area contributed by atoms with Crippen LogP contribution in [0.15, 0.2) is 77.7 Å². The van der Waals surface area contributed by atoms with Crippen LogP contribution in [0.25, 0.3) is 11.1 Å². The lowest BCUT2D eigenvalue weighted by atomic mass is 10.1. The van der Waals surface area contributed by atoms with Crippen molar-refractivity contribution in [3.05, 3.63) is 83.9 Å². The third-order valence-electron chi connectivity index (χ3n) is 4.81. The maximum atomic E-state index is 13.4. The minimum Gasteiger partial charge on any atom is -0.478 e. The predicted octanol–water partition coefficient (Wildman–Crippen LogP) is 5.15. The zero-order chi connectivity index (χ0) is 22.4. The van der Waals surface area contributed by atoms with Gasteiger partial charge in [0.25, 0.3) is 10.0 Å². The summed E-state index contributed by atoms with van der Waals surface area (Å²) in [6, 6.07) is 20.9. The molecule has 1 N–H and O–H groups in total. The summed E-state index contributed by atoms with van der Waals surface area (Å²) in [4.78, 5) is 17.1. The smallest absolute Gasteiger partial charge is 0.336 e. The second-order valence-corrected chi connectivity index (χ2v) is 8.71. The van der Waals surface area contributed by atoms with Crippen LogP contribution in [0.2, 0.25) is 0 Å². The molecule has 31 heavy (non-hydrogen) atoms. The van der Waals surface area contributed by atoms with Gasteiger partial charge in [0, 0.05) is 0 Å². The number of anilines is 1. The largest absolute Gasteiger partial charge is 0.478 e. The van der Waals surface area contributed by atoms with E-state index in [-0.39, 0.29) is 17.1 Å². The predicted molar refractivity (Wildman–Crippen MR) is 121 cm³/mol. The highest BCUT2D eigenvalue weighted by Crippen LogP contribution is 2.28. The van der Waals surface area contributed by atoms with Crippen molar-refractivity contribution in [2.45, 2.75) is 31.6 Å². The summed E-state index contributed by atoms with van der Waals surface area (Å²) in [5.74, 6) is -1.16. The number of carboxylic acid groups (broad SMARTS) is 1. The van der Waals surface area contributed by atoms with Crippen LogP contribution in [-0.2, 0) is 21.3 Å². The first-order chi connectivity index (χ1) is 14.9. The van der Waals surface area contributed by atoms with Crippen LogP contribution >= 0.6 is 0 Å². The molecule has 0 bridgehead atoms. The molecule has 6 nitrogen and oxygen atoms in total. The minimum absolute atomic E-state index is 0.0292. The lowest BCUT2D eigenvalue weighted by Gasteiger charge is -2.24. The number of sulfonamides is 1. The van der Waals surface area contributed by atoms with Crippen LogP contribution in [0.5, 0.6) is 0 Å². The highest BCUT2D eigenvalue weighted by atomic mass is 32.2. The van der Waals surface area contributed by atoms with Crippen molar-refractivity contribution in [3.63, 3.8) is 0 Å². The Kier molecular flexibility index (Phi) is 7.09. The molecule has 162 valence electrons. The van der Waals surface area contributed by atoms with Crippen molar-refractivity contribution < 1.29 is 23.2 Å². The van der Waals surface area contributed by atoms with Gasteiger partial charge in [-0.25, -0.2) is 4.79 Å². The van der Waals surface area contributed by atoms with E-state index in [1.165, 1.54) is 18.2 Å². The third-order valence-corrected chi connectivity index (χ3v) is 6.41. The molecule has 0 saturated heterocycles. The molecule has 7 heteroatoms. The molecule has 0 aliphatic heterocycles. The number of hydrogen-bond acceptors (Lipinski definition) is 4. The highest BCUT2D eigenvalue weighted by Gasteiger charge is 2.28. The van der Waals surface area contributed by atoms with Gasteiger partial charge >= 0.3 is 5.97 Å². The topological polar surface area (TPSA) is 83.9 Å². The van der Waals surface area contributed by atoms with E-state index in [0.717, 1.165) is 15.6 Å². The molecule has 0 heterocycles. The fourth-order valence-electron chi connectivity index (χ4n) is 3.18. The van der Waals surface area contributed by atoms with Gasteiger partial charge in [0.1, 0.15) is 0 Å². The number of benzene rings is 3. The molecular weight excluding hydrogens is 414 g/mol. The van der Waals surface area contributed by atoms with Crippen LogP contribution in [0.1, 0.15) is 36.2 Å². The van der Waals surface area contributed by atoms with E-state index in [4.69, 9.17) is 4.84 Å². The van der Waals surface area contributed by atoms with E-state index in [0.29, 0.717) is 24.1 Å². The standard InChI is InChI=1S/C24H25NO5S/c1-3-16-30-25(21-13-10-20(11-14-21)19-8-6-5-7-9-19)31(28,29)22-15-12-18(4-2)23(17-22)24(26)27/h5-15,17H,3-4,16H2,1-2H3,(H,26,27). The Morgan fingerprint density at radius 2 is 1.58 bits per heavy atom. The van der Waals surface area contributed by atoms with E-state index >= 15 is 0 Å². The Labute approximate surface area is 182 Å². The first-order valence-corrected chi connectivity index (χ1v) is 11.5. The second-order valence-electron chi connectivity index (χ2n) is 6.96. The molecule has 0 atom stereocenters. The molecule has 0 aliphatic carbocycles. The van der Waals surface area contributed by atoms with E-state index in [1.807, 2.05) is 56.3 Å². The minimum atomic E-state index is -4.14. The van der Waals surface area contributed by atoms with E-state index in [1.54, 1.807) is 12.1 Å². The normalized spacial score (nSPS) is 11.3. The summed E-state index contributed by atoms with van der Waals surface area (Å²) >= 11 is 0. The summed E-state index contributed by atoms with van der Waals surface area (Å²) < 4.78 is 27.6. The Bertz CT molecular complexity index is 1140. The molecule has 0 amide bonds. The molecule has 0 spiro atoms. The lowest BCUT2D eigenvalue weighted by Crippen LogP contribution is -2.31. The molecule has 0 aromatic heterocycles. The number of aromatic carboxylic acids is 1. The fourth-order valence-corrected chi connectivity index (χ4v) is 4.49. The Hall–Kier alpha value is -3.16. The molecule has 0 saturated carbocycles.